The van der Waals surface area contributed by atoms with Gasteiger partial charge < -0.3 is 9.13 Å². The van der Waals surface area contributed by atoms with Gasteiger partial charge in [-0.25, -0.2) is 0 Å². The Hall–Kier alpha value is -6.92. The summed E-state index contributed by atoms with van der Waals surface area (Å²) in [6, 6.07) is 44.2. The summed E-state index contributed by atoms with van der Waals surface area (Å²) >= 11 is 0. The Morgan fingerprint density at radius 2 is 0.821 bits per heavy atom. The van der Waals surface area contributed by atoms with Crippen LogP contribution in [0.1, 0.15) is 49.9 Å². The van der Waals surface area contributed by atoms with Crippen LogP contribution in [-0.2, 0) is 10.8 Å². The highest BCUT2D eigenvalue weighted by molar-refractivity contribution is 6.11. The zero-order valence-electron chi connectivity index (χ0n) is 31.5. The molecule has 0 unspecified atom stereocenters. The molecule has 2 aliphatic carbocycles. The van der Waals surface area contributed by atoms with Crippen molar-refractivity contribution in [3.05, 3.63) is 168 Å². The van der Waals surface area contributed by atoms with Crippen LogP contribution >= 0.6 is 0 Å². The number of rotatable bonds is 3. The second-order valence-electron chi connectivity index (χ2n) is 16.4. The van der Waals surface area contributed by atoms with E-state index in [-0.39, 0.29) is 10.8 Å². The first-order chi connectivity index (χ1) is 27.3. The molecule has 6 aromatic heterocycles. The van der Waals surface area contributed by atoms with Crippen molar-refractivity contribution in [1.82, 2.24) is 29.1 Å². The quantitative estimate of drug-likeness (QED) is 0.182. The lowest BCUT2D eigenvalue weighted by molar-refractivity contribution is 0.658. The van der Waals surface area contributed by atoms with Crippen molar-refractivity contribution in [1.29, 1.82) is 0 Å². The van der Waals surface area contributed by atoms with E-state index < -0.39 is 0 Å². The van der Waals surface area contributed by atoms with E-state index in [4.69, 9.17) is 19.9 Å². The largest absolute Gasteiger partial charge is 0.308 e. The highest BCUT2D eigenvalue weighted by Gasteiger charge is 2.38. The number of hydrogen-bond donors (Lipinski definition) is 0. The molecule has 0 bridgehead atoms. The summed E-state index contributed by atoms with van der Waals surface area (Å²) in [5, 5.41) is 2.24. The fourth-order valence-electron chi connectivity index (χ4n) is 9.95. The third-order valence-corrected chi connectivity index (χ3v) is 12.7. The first-order valence-corrected chi connectivity index (χ1v) is 19.3. The molecule has 0 saturated carbocycles. The van der Waals surface area contributed by atoms with E-state index in [9.17, 15) is 0 Å². The van der Waals surface area contributed by atoms with Gasteiger partial charge in [0.2, 0.25) is 0 Å². The van der Waals surface area contributed by atoms with Crippen molar-refractivity contribution in [2.24, 2.45) is 0 Å². The molecule has 10 aromatic rings. The summed E-state index contributed by atoms with van der Waals surface area (Å²) < 4.78 is 4.70. The van der Waals surface area contributed by atoms with Crippen LogP contribution in [0.25, 0.3) is 88.9 Å². The lowest BCUT2D eigenvalue weighted by Gasteiger charge is -2.21. The van der Waals surface area contributed by atoms with Crippen LogP contribution in [0.5, 0.6) is 0 Å². The standard InChI is InChI=1S/C50H36N6/c1-49(2)37-17-15-31(27-33(37)45-39(49)9-5-21-51-45)55-41-19-13-29(25-35(41)47-43(55)11-7-23-53-47)30-14-20-42-36(26-30)48-44(12-8-24-54-48)56(42)32-16-18-38-34(28-32)46-40(50(38,3)4)10-6-22-52-46/h5-28H,1-4H3. The van der Waals surface area contributed by atoms with Crippen molar-refractivity contribution >= 4 is 43.9 Å². The van der Waals surface area contributed by atoms with Crippen molar-refractivity contribution < 1.29 is 0 Å². The molecule has 12 rings (SSSR count). The molecule has 6 heteroatoms. The van der Waals surface area contributed by atoms with Gasteiger partial charge in [-0.1, -0.05) is 64.1 Å². The van der Waals surface area contributed by atoms with E-state index in [1.54, 1.807) is 0 Å². The molecule has 0 fully saturated rings. The molecule has 0 amide bonds. The molecule has 0 radical (unpaired) electrons. The van der Waals surface area contributed by atoms with Gasteiger partial charge in [0, 0.05) is 68.9 Å². The van der Waals surface area contributed by atoms with Crippen LogP contribution < -0.4 is 0 Å². The van der Waals surface area contributed by atoms with Gasteiger partial charge in [0.15, 0.2) is 0 Å². The average molecular weight is 721 g/mol. The number of aromatic nitrogens is 6. The predicted molar refractivity (Wildman–Crippen MR) is 227 cm³/mol. The fraction of sp³-hybridized carbons (Fsp3) is 0.120. The molecular formula is C50H36N6. The van der Waals surface area contributed by atoms with Crippen LogP contribution in [0.3, 0.4) is 0 Å². The number of hydrogen-bond acceptors (Lipinski definition) is 4. The molecule has 266 valence electrons. The van der Waals surface area contributed by atoms with E-state index in [1.165, 1.54) is 33.4 Å². The number of fused-ring (bicyclic) bond motifs is 12. The average Bonchev–Trinajstić information content (AvgIpc) is 3.89. The van der Waals surface area contributed by atoms with Gasteiger partial charge in [0.05, 0.1) is 44.5 Å². The Morgan fingerprint density at radius 1 is 0.393 bits per heavy atom. The van der Waals surface area contributed by atoms with E-state index in [1.807, 2.05) is 49.1 Å². The summed E-state index contributed by atoms with van der Waals surface area (Å²) in [6.07, 6.45) is 7.59. The minimum absolute atomic E-state index is 0.0975. The van der Waals surface area contributed by atoms with E-state index >= 15 is 0 Å². The topological polar surface area (TPSA) is 61.4 Å². The normalized spacial score (nSPS) is 14.7. The van der Waals surface area contributed by atoms with Gasteiger partial charge in [-0.2, -0.15) is 0 Å². The Balaban J connectivity index is 1.01. The maximum atomic E-state index is 4.95. The van der Waals surface area contributed by atoms with Crippen molar-refractivity contribution in [3.63, 3.8) is 0 Å². The highest BCUT2D eigenvalue weighted by atomic mass is 15.0. The Labute approximate surface area is 323 Å². The molecule has 0 atom stereocenters. The molecule has 0 N–H and O–H groups in total. The maximum Gasteiger partial charge on any atom is 0.0963 e. The van der Waals surface area contributed by atoms with Crippen molar-refractivity contribution in [2.75, 3.05) is 0 Å². The predicted octanol–water partition coefficient (Wildman–Crippen LogP) is 11.7. The Kier molecular flexibility index (Phi) is 6.09. The summed E-state index contributed by atoms with van der Waals surface area (Å²) in [5.74, 6) is 0. The molecule has 0 saturated heterocycles. The zero-order valence-corrected chi connectivity index (χ0v) is 31.5. The molecule has 0 spiro atoms. The summed E-state index contributed by atoms with van der Waals surface area (Å²) in [4.78, 5) is 19.6. The van der Waals surface area contributed by atoms with Gasteiger partial charge in [-0.05, 0) is 118 Å². The van der Waals surface area contributed by atoms with E-state index in [2.05, 4.69) is 134 Å². The third-order valence-electron chi connectivity index (χ3n) is 12.7. The lowest BCUT2D eigenvalue weighted by atomic mass is 9.83. The van der Waals surface area contributed by atoms with E-state index in [0.717, 1.165) is 77.8 Å². The van der Waals surface area contributed by atoms with Crippen molar-refractivity contribution in [3.8, 4) is 45.0 Å². The van der Waals surface area contributed by atoms with Crippen LogP contribution in [0.2, 0.25) is 0 Å². The monoisotopic (exact) mass is 720 g/mol. The lowest BCUT2D eigenvalue weighted by Crippen LogP contribution is -2.15. The minimum Gasteiger partial charge on any atom is -0.308 e. The molecule has 0 aliphatic heterocycles. The van der Waals surface area contributed by atoms with Gasteiger partial charge >= 0.3 is 0 Å². The van der Waals surface area contributed by atoms with Crippen LogP contribution in [0.4, 0.5) is 0 Å². The number of nitrogens with zero attached hydrogens (tertiary/aromatic N) is 6. The summed E-state index contributed by atoms with van der Waals surface area (Å²) in [5.41, 5.74) is 20.4. The van der Waals surface area contributed by atoms with Crippen LogP contribution in [0.15, 0.2) is 146 Å². The first kappa shape index (κ1) is 31.4. The second-order valence-corrected chi connectivity index (χ2v) is 16.4. The molecule has 4 aromatic carbocycles. The Bertz CT molecular complexity index is 3100. The van der Waals surface area contributed by atoms with Crippen LogP contribution in [0, 0.1) is 0 Å². The van der Waals surface area contributed by atoms with Gasteiger partial charge in [0.25, 0.3) is 0 Å². The van der Waals surface area contributed by atoms with Crippen LogP contribution in [-0.4, -0.2) is 29.1 Å². The molecule has 56 heavy (non-hydrogen) atoms. The first-order valence-electron chi connectivity index (χ1n) is 19.3. The molecule has 6 heterocycles. The minimum atomic E-state index is -0.0975. The van der Waals surface area contributed by atoms with E-state index in [0.29, 0.717) is 0 Å². The molecular weight excluding hydrogens is 685 g/mol. The van der Waals surface area contributed by atoms with Gasteiger partial charge in [-0.15, -0.1) is 0 Å². The summed E-state index contributed by atoms with van der Waals surface area (Å²) in [7, 11) is 0. The number of benzene rings is 4. The third kappa shape index (κ3) is 4.05. The molecule has 2 aliphatic rings. The van der Waals surface area contributed by atoms with Gasteiger partial charge in [-0.3, -0.25) is 19.9 Å². The SMILES string of the molecule is CC1(C)c2ccc(-n3c4ccc(-c5ccc6c(c5)c5ncccc5n6-c5ccc6c(c5)-c5ncccc5C6(C)C)cc4c4ncccc43)cc2-c2ncccc21. The fourth-order valence-corrected chi connectivity index (χ4v) is 9.95. The molecule has 6 nitrogen and oxygen atoms in total. The smallest absolute Gasteiger partial charge is 0.0963 e. The zero-order chi connectivity index (χ0) is 37.5. The summed E-state index contributed by atoms with van der Waals surface area (Å²) in [6.45, 7) is 9.17. The second kappa shape index (κ2) is 10.9. The van der Waals surface area contributed by atoms with Gasteiger partial charge in [0.1, 0.15) is 0 Å². The number of pyridine rings is 4. The Morgan fingerprint density at radius 3 is 1.29 bits per heavy atom. The van der Waals surface area contributed by atoms with Crippen molar-refractivity contribution in [2.45, 2.75) is 38.5 Å². The highest BCUT2D eigenvalue weighted by Crippen LogP contribution is 2.50. The maximum absolute atomic E-state index is 4.95.